The number of nitrogens with two attached hydrogens (primary N) is 1. The summed E-state index contributed by atoms with van der Waals surface area (Å²) in [7, 11) is 1.56. The Bertz CT molecular complexity index is 1010. The number of fused-ring (bicyclic) bond motifs is 1. The second kappa shape index (κ2) is 6.57. The molecule has 1 unspecified atom stereocenters. The predicted octanol–water partition coefficient (Wildman–Crippen LogP) is 2.64. The van der Waals surface area contributed by atoms with Gasteiger partial charge in [-0.1, -0.05) is 11.6 Å². The average molecular weight is 358 g/mol. The van der Waals surface area contributed by atoms with E-state index in [2.05, 4.69) is 4.98 Å². The predicted molar refractivity (Wildman–Crippen MR) is 96.5 cm³/mol. The molecule has 25 heavy (non-hydrogen) atoms. The molecule has 7 heteroatoms. The molecule has 1 atom stereocenters. The van der Waals surface area contributed by atoms with Gasteiger partial charge >= 0.3 is 0 Å². The van der Waals surface area contributed by atoms with Crippen molar-refractivity contribution in [2.75, 3.05) is 7.11 Å². The molecule has 1 aromatic heterocycles. The summed E-state index contributed by atoms with van der Waals surface area (Å²) in [5.41, 5.74) is 6.14. The summed E-state index contributed by atoms with van der Waals surface area (Å²) in [6.45, 7) is 1.62. The van der Waals surface area contributed by atoms with Crippen LogP contribution in [0.15, 0.2) is 47.3 Å². The second-order valence-corrected chi connectivity index (χ2v) is 6.03. The molecule has 3 aromatic rings. The van der Waals surface area contributed by atoms with Crippen molar-refractivity contribution in [1.29, 1.82) is 0 Å². The highest BCUT2D eigenvalue weighted by Crippen LogP contribution is 2.22. The normalized spacial score (nSPS) is 12.1. The largest absolute Gasteiger partial charge is 0.497 e. The molecule has 1 amide bonds. The number of rotatable bonds is 4. The number of ether oxygens (including phenoxy) is 1. The molecule has 0 bridgehead atoms. The number of hydrogen-bond donors (Lipinski definition) is 1. The van der Waals surface area contributed by atoms with E-state index in [-0.39, 0.29) is 11.4 Å². The fourth-order valence-electron chi connectivity index (χ4n) is 2.57. The van der Waals surface area contributed by atoms with Gasteiger partial charge in [0.05, 0.1) is 29.6 Å². The molecule has 2 N–H and O–H groups in total. The van der Waals surface area contributed by atoms with Gasteiger partial charge in [0, 0.05) is 5.02 Å². The maximum absolute atomic E-state index is 13.1. The van der Waals surface area contributed by atoms with Crippen LogP contribution in [-0.2, 0) is 4.79 Å². The molecular formula is C18H16ClN3O3. The van der Waals surface area contributed by atoms with Crippen LogP contribution < -0.4 is 16.0 Å². The smallest absolute Gasteiger partial charge is 0.266 e. The fourth-order valence-corrected chi connectivity index (χ4v) is 2.75. The zero-order chi connectivity index (χ0) is 18.1. The van der Waals surface area contributed by atoms with E-state index in [1.165, 1.54) is 4.57 Å². The molecule has 0 saturated carbocycles. The van der Waals surface area contributed by atoms with Crippen molar-refractivity contribution in [2.24, 2.45) is 5.73 Å². The summed E-state index contributed by atoms with van der Waals surface area (Å²) < 4.78 is 6.53. The number of halogens is 1. The van der Waals surface area contributed by atoms with Gasteiger partial charge in [0.25, 0.3) is 5.56 Å². The molecule has 0 saturated heterocycles. The Labute approximate surface area is 148 Å². The minimum Gasteiger partial charge on any atom is -0.497 e. The first-order valence-electron chi connectivity index (χ1n) is 7.58. The summed E-state index contributed by atoms with van der Waals surface area (Å²) in [6, 6.07) is 11.7. The Morgan fingerprint density at radius 2 is 1.92 bits per heavy atom. The first-order valence-corrected chi connectivity index (χ1v) is 7.96. The van der Waals surface area contributed by atoms with Gasteiger partial charge in [-0.3, -0.25) is 14.2 Å². The average Bonchev–Trinajstić information content (AvgIpc) is 2.61. The van der Waals surface area contributed by atoms with Gasteiger partial charge in [0.1, 0.15) is 11.6 Å². The van der Waals surface area contributed by atoms with E-state index in [4.69, 9.17) is 22.1 Å². The van der Waals surface area contributed by atoms with Gasteiger partial charge in [-0.05, 0) is 49.4 Å². The van der Waals surface area contributed by atoms with Crippen molar-refractivity contribution in [1.82, 2.24) is 9.55 Å². The topological polar surface area (TPSA) is 87.2 Å². The Morgan fingerprint density at radius 3 is 2.52 bits per heavy atom. The third kappa shape index (κ3) is 3.08. The Balaban J connectivity index is 2.36. The van der Waals surface area contributed by atoms with Gasteiger partial charge < -0.3 is 10.5 Å². The van der Waals surface area contributed by atoms with E-state index in [0.717, 1.165) is 0 Å². The first kappa shape index (κ1) is 17.0. The zero-order valence-corrected chi connectivity index (χ0v) is 14.4. The van der Waals surface area contributed by atoms with Crippen LogP contribution in [0.2, 0.25) is 5.02 Å². The molecule has 0 aliphatic rings. The van der Waals surface area contributed by atoms with Crippen molar-refractivity contribution in [2.45, 2.75) is 12.8 Å². The maximum atomic E-state index is 13.1. The first-order chi connectivity index (χ1) is 11.9. The summed E-state index contributed by atoms with van der Waals surface area (Å²) in [5, 5.41) is 0.798. The number of amides is 1. The van der Waals surface area contributed by atoms with Crippen molar-refractivity contribution >= 4 is 28.4 Å². The van der Waals surface area contributed by atoms with E-state index < -0.39 is 11.8 Å². The van der Waals surface area contributed by atoms with Gasteiger partial charge in [0.15, 0.2) is 0 Å². The molecule has 0 spiro atoms. The van der Waals surface area contributed by atoms with E-state index in [9.17, 15) is 9.59 Å². The van der Waals surface area contributed by atoms with Crippen molar-refractivity contribution < 1.29 is 9.53 Å². The zero-order valence-electron chi connectivity index (χ0n) is 13.7. The lowest BCUT2D eigenvalue weighted by Gasteiger charge is -2.17. The molecule has 0 aliphatic carbocycles. The molecule has 128 valence electrons. The highest BCUT2D eigenvalue weighted by atomic mass is 35.5. The minimum absolute atomic E-state index is 0.275. The number of nitrogens with zero attached hydrogens (tertiary/aromatic N) is 2. The number of carbonyl (C=O) groups is 1. The minimum atomic E-state index is -0.741. The Morgan fingerprint density at radius 1 is 1.24 bits per heavy atom. The molecule has 0 aliphatic heterocycles. The van der Waals surface area contributed by atoms with Crippen LogP contribution >= 0.6 is 11.6 Å². The number of aromatic nitrogens is 2. The van der Waals surface area contributed by atoms with Crippen LogP contribution in [0.25, 0.3) is 16.6 Å². The molecule has 1 heterocycles. The monoisotopic (exact) mass is 357 g/mol. The van der Waals surface area contributed by atoms with Gasteiger partial charge in [0.2, 0.25) is 5.91 Å². The Hall–Kier alpha value is -2.86. The van der Waals surface area contributed by atoms with Crippen LogP contribution in [0, 0.1) is 0 Å². The van der Waals surface area contributed by atoms with Gasteiger partial charge in [-0.2, -0.15) is 0 Å². The molecular weight excluding hydrogens is 342 g/mol. The van der Waals surface area contributed by atoms with Gasteiger partial charge in [-0.25, -0.2) is 4.98 Å². The fraction of sp³-hybridized carbons (Fsp3) is 0.167. The molecule has 2 aromatic carbocycles. The lowest BCUT2D eigenvalue weighted by molar-refractivity contribution is -0.119. The lowest BCUT2D eigenvalue weighted by Crippen LogP contribution is -2.30. The highest BCUT2D eigenvalue weighted by molar-refractivity contribution is 6.31. The van der Waals surface area contributed by atoms with Crippen LogP contribution in [0.3, 0.4) is 0 Å². The van der Waals surface area contributed by atoms with E-state index >= 15 is 0 Å². The lowest BCUT2D eigenvalue weighted by atomic mass is 10.1. The maximum Gasteiger partial charge on any atom is 0.266 e. The Kier molecular flexibility index (Phi) is 4.46. The standard InChI is InChI=1S/C18H16ClN3O3/c1-10(16(20)23)17-21-15-8-3-11(19)9-14(15)18(24)22(17)12-4-6-13(25-2)7-5-12/h3-10H,1-2H3,(H2,20,23). The van der Waals surface area contributed by atoms with Crippen LogP contribution in [0.5, 0.6) is 5.75 Å². The van der Waals surface area contributed by atoms with Crippen LogP contribution in [0.4, 0.5) is 0 Å². The van der Waals surface area contributed by atoms with E-state index in [1.807, 2.05) is 0 Å². The van der Waals surface area contributed by atoms with E-state index in [0.29, 0.717) is 27.4 Å². The van der Waals surface area contributed by atoms with Crippen molar-refractivity contribution in [3.05, 3.63) is 63.7 Å². The molecule has 3 rings (SSSR count). The van der Waals surface area contributed by atoms with Crippen molar-refractivity contribution in [3.63, 3.8) is 0 Å². The number of benzene rings is 2. The summed E-state index contributed by atoms with van der Waals surface area (Å²) in [5.74, 6) is -0.382. The van der Waals surface area contributed by atoms with Gasteiger partial charge in [-0.15, -0.1) is 0 Å². The number of primary amides is 1. The third-order valence-corrected chi connectivity index (χ3v) is 4.24. The van der Waals surface area contributed by atoms with Crippen molar-refractivity contribution in [3.8, 4) is 11.4 Å². The second-order valence-electron chi connectivity index (χ2n) is 5.59. The number of methoxy groups -OCH3 is 1. The van der Waals surface area contributed by atoms with Crippen LogP contribution in [-0.4, -0.2) is 22.6 Å². The number of hydrogen-bond acceptors (Lipinski definition) is 4. The third-order valence-electron chi connectivity index (χ3n) is 4.00. The van der Waals surface area contributed by atoms with Crippen LogP contribution in [0.1, 0.15) is 18.7 Å². The summed E-state index contributed by atoms with van der Waals surface area (Å²) in [4.78, 5) is 29.3. The molecule has 0 fully saturated rings. The quantitative estimate of drug-likeness (QED) is 0.777. The SMILES string of the molecule is COc1ccc(-n2c(C(C)C(N)=O)nc3ccc(Cl)cc3c2=O)cc1. The summed E-state index contributed by atoms with van der Waals surface area (Å²) >= 11 is 6.01. The summed E-state index contributed by atoms with van der Waals surface area (Å²) in [6.07, 6.45) is 0. The number of carbonyl (C=O) groups excluding carboxylic acids is 1. The highest BCUT2D eigenvalue weighted by Gasteiger charge is 2.21. The van der Waals surface area contributed by atoms with E-state index in [1.54, 1.807) is 56.5 Å². The molecule has 0 radical (unpaired) electrons. The molecule has 6 nitrogen and oxygen atoms in total.